The summed E-state index contributed by atoms with van der Waals surface area (Å²) in [5.41, 5.74) is 0. The van der Waals surface area contributed by atoms with Gasteiger partial charge in [-0.1, -0.05) is 5.16 Å². The minimum Gasteiger partial charge on any atom is -0.479 e. The van der Waals surface area contributed by atoms with E-state index in [1.807, 2.05) is 0 Å². The lowest BCUT2D eigenvalue weighted by atomic mass is 10.2. The van der Waals surface area contributed by atoms with Crippen molar-refractivity contribution in [2.45, 2.75) is 38.5 Å². The van der Waals surface area contributed by atoms with Crippen molar-refractivity contribution in [3.8, 4) is 0 Å². The fourth-order valence-electron chi connectivity index (χ4n) is 1.70. The molecule has 18 heavy (non-hydrogen) atoms. The zero-order chi connectivity index (χ0) is 13.1. The molecule has 1 aromatic heterocycles. The first-order chi connectivity index (χ1) is 8.56. The van der Waals surface area contributed by atoms with E-state index in [-0.39, 0.29) is 12.5 Å². The molecule has 0 radical (unpaired) electrons. The molecule has 2 heterocycles. The predicted molar refractivity (Wildman–Crippen MR) is 56.4 cm³/mol. The predicted octanol–water partition coefficient (Wildman–Crippen LogP) is -0.374. The van der Waals surface area contributed by atoms with Gasteiger partial charge in [0, 0.05) is 6.92 Å². The Bertz CT molecular complexity index is 458. The van der Waals surface area contributed by atoms with Crippen molar-refractivity contribution in [1.29, 1.82) is 0 Å². The summed E-state index contributed by atoms with van der Waals surface area (Å²) in [5.74, 6) is -0.615. The van der Waals surface area contributed by atoms with E-state index in [2.05, 4.69) is 15.5 Å². The first-order valence-electron chi connectivity index (χ1n) is 5.51. The van der Waals surface area contributed by atoms with Gasteiger partial charge in [0.05, 0.1) is 6.54 Å². The smallest absolute Gasteiger partial charge is 0.332 e. The average Bonchev–Trinajstić information content (AvgIpc) is 2.94. The van der Waals surface area contributed by atoms with Crippen molar-refractivity contribution in [2.24, 2.45) is 0 Å². The molecule has 1 amide bonds. The number of carboxylic acids is 1. The molecule has 1 saturated heterocycles. The molecule has 98 valence electrons. The van der Waals surface area contributed by atoms with Gasteiger partial charge in [-0.2, -0.15) is 4.98 Å². The number of aryl methyl sites for hydroxylation is 1. The lowest BCUT2D eigenvalue weighted by Crippen LogP contribution is -2.35. The van der Waals surface area contributed by atoms with Gasteiger partial charge < -0.3 is 19.7 Å². The molecular formula is C10H13N3O5. The summed E-state index contributed by atoms with van der Waals surface area (Å²) in [6, 6.07) is 0. The third kappa shape index (κ3) is 2.83. The molecule has 2 N–H and O–H groups in total. The number of carbonyl (C=O) groups is 2. The normalized spacial score (nSPS) is 22.9. The van der Waals surface area contributed by atoms with Crippen LogP contribution >= 0.6 is 0 Å². The first kappa shape index (κ1) is 12.5. The summed E-state index contributed by atoms with van der Waals surface area (Å²) < 4.78 is 9.85. The zero-order valence-electron chi connectivity index (χ0n) is 9.75. The summed E-state index contributed by atoms with van der Waals surface area (Å²) in [6.07, 6.45) is -0.879. The van der Waals surface area contributed by atoms with Crippen molar-refractivity contribution >= 4 is 11.9 Å². The first-order valence-corrected chi connectivity index (χ1v) is 5.51. The highest BCUT2D eigenvalue weighted by Crippen LogP contribution is 2.19. The van der Waals surface area contributed by atoms with E-state index in [1.165, 1.54) is 0 Å². The molecule has 0 saturated carbocycles. The number of aliphatic carboxylic acids is 1. The van der Waals surface area contributed by atoms with Crippen LogP contribution in [0.5, 0.6) is 0 Å². The van der Waals surface area contributed by atoms with Crippen molar-refractivity contribution < 1.29 is 24.0 Å². The monoisotopic (exact) mass is 255 g/mol. The minimum atomic E-state index is -1.04. The van der Waals surface area contributed by atoms with Crippen LogP contribution in [-0.2, 0) is 20.9 Å². The molecule has 2 atom stereocenters. The van der Waals surface area contributed by atoms with E-state index in [4.69, 9.17) is 14.4 Å². The maximum atomic E-state index is 11.7. The van der Waals surface area contributed by atoms with Gasteiger partial charge in [0.1, 0.15) is 6.10 Å². The van der Waals surface area contributed by atoms with E-state index in [0.717, 1.165) is 0 Å². The minimum absolute atomic E-state index is 0.133. The van der Waals surface area contributed by atoms with Gasteiger partial charge in [0.25, 0.3) is 0 Å². The van der Waals surface area contributed by atoms with Crippen LogP contribution < -0.4 is 5.32 Å². The number of nitrogens with one attached hydrogen (secondary N) is 1. The number of carboxylic acid groups (broad SMARTS) is 1. The second-order valence-corrected chi connectivity index (χ2v) is 3.98. The van der Waals surface area contributed by atoms with E-state index in [1.54, 1.807) is 6.92 Å². The number of hydrogen-bond donors (Lipinski definition) is 2. The van der Waals surface area contributed by atoms with Crippen molar-refractivity contribution in [1.82, 2.24) is 15.5 Å². The number of rotatable bonds is 4. The third-order valence-electron chi connectivity index (χ3n) is 2.58. The molecule has 0 aromatic carbocycles. The molecule has 8 heteroatoms. The molecule has 2 rings (SSSR count). The third-order valence-corrected chi connectivity index (χ3v) is 2.58. The van der Waals surface area contributed by atoms with Crippen LogP contribution in [0.25, 0.3) is 0 Å². The summed E-state index contributed by atoms with van der Waals surface area (Å²) in [6.45, 7) is 1.78. The molecule has 1 fully saturated rings. The molecule has 1 aliphatic heterocycles. The fourth-order valence-corrected chi connectivity index (χ4v) is 1.70. The zero-order valence-corrected chi connectivity index (χ0v) is 9.75. The Morgan fingerprint density at radius 1 is 1.44 bits per heavy atom. The van der Waals surface area contributed by atoms with Gasteiger partial charge >= 0.3 is 5.97 Å². The number of amides is 1. The van der Waals surface area contributed by atoms with Gasteiger partial charge in [-0.3, -0.25) is 4.79 Å². The number of carbonyl (C=O) groups excluding carboxylic acids is 1. The standard InChI is InChI=1S/C10H13N3O5/c1-5-12-8(13-18-5)4-11-9(14)6-2-3-7(17-6)10(15)16/h6-7H,2-4H2,1H3,(H,11,14)(H,15,16)/t6-,7+/m0/s1. The Balaban J connectivity index is 1.80. The molecule has 0 bridgehead atoms. The summed E-state index contributed by atoms with van der Waals surface area (Å²) >= 11 is 0. The second-order valence-electron chi connectivity index (χ2n) is 3.98. The van der Waals surface area contributed by atoms with Gasteiger partial charge in [0.15, 0.2) is 11.9 Å². The summed E-state index contributed by atoms with van der Waals surface area (Å²) in [5, 5.41) is 14.9. The van der Waals surface area contributed by atoms with Crippen LogP contribution in [0.3, 0.4) is 0 Å². The number of aromatic nitrogens is 2. The van der Waals surface area contributed by atoms with Gasteiger partial charge in [-0.25, -0.2) is 4.79 Å². The van der Waals surface area contributed by atoms with E-state index < -0.39 is 18.2 Å². The van der Waals surface area contributed by atoms with Crippen molar-refractivity contribution in [2.75, 3.05) is 0 Å². The van der Waals surface area contributed by atoms with Crippen LogP contribution in [0.4, 0.5) is 0 Å². The molecule has 1 aliphatic rings. The SMILES string of the molecule is Cc1nc(CNC(=O)[C@@H]2CC[C@H](C(=O)O)O2)no1. The van der Waals surface area contributed by atoms with Crippen LogP contribution in [0.15, 0.2) is 4.52 Å². The van der Waals surface area contributed by atoms with Crippen LogP contribution in [0.2, 0.25) is 0 Å². The van der Waals surface area contributed by atoms with Crippen molar-refractivity contribution in [3.63, 3.8) is 0 Å². The fraction of sp³-hybridized carbons (Fsp3) is 0.600. The number of nitrogens with zero attached hydrogens (tertiary/aromatic N) is 2. The van der Waals surface area contributed by atoms with Crippen LogP contribution in [-0.4, -0.2) is 39.3 Å². The summed E-state index contributed by atoms with van der Waals surface area (Å²) in [7, 11) is 0. The van der Waals surface area contributed by atoms with Gasteiger partial charge in [0.2, 0.25) is 11.8 Å². The lowest BCUT2D eigenvalue weighted by Gasteiger charge is -2.10. The quantitative estimate of drug-likeness (QED) is 0.753. The average molecular weight is 255 g/mol. The molecule has 0 spiro atoms. The lowest BCUT2D eigenvalue weighted by molar-refractivity contribution is -0.151. The Morgan fingerprint density at radius 3 is 2.72 bits per heavy atom. The van der Waals surface area contributed by atoms with E-state index in [0.29, 0.717) is 24.6 Å². The molecular weight excluding hydrogens is 242 g/mol. The van der Waals surface area contributed by atoms with Gasteiger partial charge in [-0.15, -0.1) is 0 Å². The number of hydrogen-bond acceptors (Lipinski definition) is 6. The Kier molecular flexibility index (Phi) is 3.56. The Labute approximate surface area is 102 Å². The maximum absolute atomic E-state index is 11.7. The van der Waals surface area contributed by atoms with Crippen molar-refractivity contribution in [3.05, 3.63) is 11.7 Å². The van der Waals surface area contributed by atoms with E-state index >= 15 is 0 Å². The van der Waals surface area contributed by atoms with E-state index in [9.17, 15) is 9.59 Å². The molecule has 0 aliphatic carbocycles. The van der Waals surface area contributed by atoms with Gasteiger partial charge in [-0.05, 0) is 12.8 Å². The largest absolute Gasteiger partial charge is 0.479 e. The molecule has 8 nitrogen and oxygen atoms in total. The van der Waals surface area contributed by atoms with Crippen LogP contribution in [0, 0.1) is 6.92 Å². The van der Waals surface area contributed by atoms with Crippen LogP contribution in [0.1, 0.15) is 24.6 Å². The number of ether oxygens (including phenoxy) is 1. The Morgan fingerprint density at radius 2 is 2.17 bits per heavy atom. The highest BCUT2D eigenvalue weighted by Gasteiger charge is 2.34. The Hall–Kier alpha value is -1.96. The highest BCUT2D eigenvalue weighted by atomic mass is 16.5. The second kappa shape index (κ2) is 5.13. The topological polar surface area (TPSA) is 115 Å². The highest BCUT2D eigenvalue weighted by molar-refractivity contribution is 5.82. The summed E-state index contributed by atoms with van der Waals surface area (Å²) in [4.78, 5) is 26.3. The molecule has 1 aromatic rings. The molecule has 0 unspecified atom stereocenters. The maximum Gasteiger partial charge on any atom is 0.332 e.